The van der Waals surface area contributed by atoms with Gasteiger partial charge in [0.2, 0.25) is 5.89 Å². The lowest BCUT2D eigenvalue weighted by Gasteiger charge is -2.36. The van der Waals surface area contributed by atoms with Gasteiger partial charge < -0.3 is 9.15 Å². The van der Waals surface area contributed by atoms with Gasteiger partial charge in [0.05, 0.1) is 29.7 Å². The van der Waals surface area contributed by atoms with Gasteiger partial charge in [-0.3, -0.25) is 4.90 Å². The number of hydrogen-bond acceptors (Lipinski definition) is 7. The van der Waals surface area contributed by atoms with Crippen molar-refractivity contribution in [3.05, 3.63) is 30.2 Å². The molecule has 130 valence electrons. The Kier molecular flexibility index (Phi) is 4.35. The van der Waals surface area contributed by atoms with Crippen molar-refractivity contribution in [2.24, 2.45) is 0 Å². The number of methoxy groups -OCH3 is 1. The second kappa shape index (κ2) is 6.18. The SMILES string of the molecule is COc1ccccc1-c1nnc(CN2CCS(=O)(=O)C(C)(C)C2)o1. The van der Waals surface area contributed by atoms with Crippen molar-refractivity contribution in [2.75, 3.05) is 26.0 Å². The van der Waals surface area contributed by atoms with Crippen LogP contribution in [-0.4, -0.2) is 54.2 Å². The zero-order valence-electron chi connectivity index (χ0n) is 14.0. The topological polar surface area (TPSA) is 85.5 Å². The summed E-state index contributed by atoms with van der Waals surface area (Å²) in [6, 6.07) is 7.43. The van der Waals surface area contributed by atoms with E-state index >= 15 is 0 Å². The summed E-state index contributed by atoms with van der Waals surface area (Å²) in [5, 5.41) is 8.17. The predicted molar refractivity (Wildman–Crippen MR) is 89.4 cm³/mol. The minimum absolute atomic E-state index is 0.146. The van der Waals surface area contributed by atoms with Crippen molar-refractivity contribution in [3.63, 3.8) is 0 Å². The molecule has 0 amide bonds. The molecule has 7 nitrogen and oxygen atoms in total. The Bertz CT molecular complexity index is 829. The summed E-state index contributed by atoms with van der Waals surface area (Å²) in [6.07, 6.45) is 0. The summed E-state index contributed by atoms with van der Waals surface area (Å²) in [7, 11) is -1.47. The number of sulfone groups is 1. The van der Waals surface area contributed by atoms with Crippen LogP contribution in [0, 0.1) is 0 Å². The maximum atomic E-state index is 12.1. The Labute approximate surface area is 141 Å². The average molecular weight is 351 g/mol. The van der Waals surface area contributed by atoms with Gasteiger partial charge in [0.15, 0.2) is 9.84 Å². The Morgan fingerprint density at radius 2 is 2.04 bits per heavy atom. The maximum absolute atomic E-state index is 12.1. The summed E-state index contributed by atoms with van der Waals surface area (Å²) in [5.74, 6) is 1.67. The average Bonchev–Trinajstić information content (AvgIpc) is 2.99. The standard InChI is InChI=1S/C16H21N3O4S/c1-16(2)11-19(8-9-24(16,20)21)10-14-17-18-15(23-14)12-6-4-5-7-13(12)22-3/h4-7H,8-11H2,1-3H3. The lowest BCUT2D eigenvalue weighted by molar-refractivity contribution is 0.220. The highest BCUT2D eigenvalue weighted by atomic mass is 32.2. The maximum Gasteiger partial charge on any atom is 0.251 e. The van der Waals surface area contributed by atoms with E-state index in [2.05, 4.69) is 10.2 Å². The first-order valence-electron chi connectivity index (χ1n) is 7.73. The number of aromatic nitrogens is 2. The molecule has 1 aliphatic rings. The number of ether oxygens (including phenoxy) is 1. The van der Waals surface area contributed by atoms with Gasteiger partial charge >= 0.3 is 0 Å². The molecule has 2 heterocycles. The van der Waals surface area contributed by atoms with Gasteiger partial charge in [-0.1, -0.05) is 12.1 Å². The molecule has 0 unspecified atom stereocenters. The highest BCUT2D eigenvalue weighted by molar-refractivity contribution is 7.92. The van der Waals surface area contributed by atoms with Crippen LogP contribution in [0.5, 0.6) is 5.75 Å². The molecule has 2 aromatic rings. The van der Waals surface area contributed by atoms with Crippen LogP contribution in [0.3, 0.4) is 0 Å². The molecule has 1 aromatic heterocycles. The molecule has 1 saturated heterocycles. The Morgan fingerprint density at radius 3 is 2.75 bits per heavy atom. The van der Waals surface area contributed by atoms with Crippen LogP contribution in [0.2, 0.25) is 0 Å². The zero-order chi connectivity index (χ0) is 17.4. The predicted octanol–water partition coefficient (Wildman–Crippen LogP) is 1.75. The lowest BCUT2D eigenvalue weighted by atomic mass is 10.2. The third-order valence-electron chi connectivity index (χ3n) is 4.29. The molecule has 0 saturated carbocycles. The molecule has 0 aliphatic carbocycles. The Hall–Kier alpha value is -1.93. The Morgan fingerprint density at radius 1 is 1.29 bits per heavy atom. The molecular weight excluding hydrogens is 330 g/mol. The third-order valence-corrected chi connectivity index (χ3v) is 6.82. The molecule has 0 atom stereocenters. The van der Waals surface area contributed by atoms with Crippen LogP contribution in [0.1, 0.15) is 19.7 Å². The van der Waals surface area contributed by atoms with E-state index in [0.29, 0.717) is 37.2 Å². The van der Waals surface area contributed by atoms with Crippen molar-refractivity contribution in [1.29, 1.82) is 0 Å². The molecule has 1 fully saturated rings. The minimum Gasteiger partial charge on any atom is -0.496 e. The Balaban J connectivity index is 1.76. The van der Waals surface area contributed by atoms with E-state index in [9.17, 15) is 8.42 Å². The quantitative estimate of drug-likeness (QED) is 0.829. The molecule has 3 rings (SSSR count). The highest BCUT2D eigenvalue weighted by Crippen LogP contribution is 2.29. The molecule has 1 aliphatic heterocycles. The summed E-state index contributed by atoms with van der Waals surface area (Å²) in [6.45, 7) is 4.85. The largest absolute Gasteiger partial charge is 0.496 e. The van der Waals surface area contributed by atoms with Crippen molar-refractivity contribution in [3.8, 4) is 17.2 Å². The lowest BCUT2D eigenvalue weighted by Crippen LogP contribution is -2.52. The fraction of sp³-hybridized carbons (Fsp3) is 0.500. The van der Waals surface area contributed by atoms with Gasteiger partial charge in [-0.2, -0.15) is 0 Å². The van der Waals surface area contributed by atoms with Crippen molar-refractivity contribution in [2.45, 2.75) is 25.1 Å². The van der Waals surface area contributed by atoms with Crippen LogP contribution in [-0.2, 0) is 16.4 Å². The van der Waals surface area contributed by atoms with E-state index in [0.717, 1.165) is 5.56 Å². The van der Waals surface area contributed by atoms with Crippen LogP contribution in [0.15, 0.2) is 28.7 Å². The smallest absolute Gasteiger partial charge is 0.251 e. The van der Waals surface area contributed by atoms with E-state index in [1.54, 1.807) is 21.0 Å². The van der Waals surface area contributed by atoms with Gasteiger partial charge in [-0.15, -0.1) is 10.2 Å². The van der Waals surface area contributed by atoms with E-state index in [-0.39, 0.29) is 5.75 Å². The van der Waals surface area contributed by atoms with E-state index < -0.39 is 14.6 Å². The number of para-hydroxylation sites is 1. The monoisotopic (exact) mass is 351 g/mol. The summed E-state index contributed by atoms with van der Waals surface area (Å²) >= 11 is 0. The van der Waals surface area contributed by atoms with Crippen molar-refractivity contribution < 1.29 is 17.6 Å². The molecular formula is C16H21N3O4S. The van der Waals surface area contributed by atoms with Gasteiger partial charge in [0.1, 0.15) is 5.75 Å². The summed E-state index contributed by atoms with van der Waals surface area (Å²) < 4.78 is 34.4. The fourth-order valence-electron chi connectivity index (χ4n) is 2.82. The van der Waals surface area contributed by atoms with Crippen LogP contribution in [0.25, 0.3) is 11.5 Å². The highest BCUT2D eigenvalue weighted by Gasteiger charge is 2.40. The minimum atomic E-state index is -3.06. The molecule has 8 heteroatoms. The third kappa shape index (κ3) is 3.16. The molecule has 0 N–H and O–H groups in total. The first-order valence-corrected chi connectivity index (χ1v) is 9.38. The van der Waals surface area contributed by atoms with Gasteiger partial charge in [0, 0.05) is 13.1 Å². The normalized spacial score (nSPS) is 20.0. The van der Waals surface area contributed by atoms with E-state index in [4.69, 9.17) is 9.15 Å². The number of rotatable bonds is 4. The van der Waals surface area contributed by atoms with Crippen LogP contribution in [0.4, 0.5) is 0 Å². The fourth-order valence-corrected chi connectivity index (χ4v) is 4.25. The summed E-state index contributed by atoms with van der Waals surface area (Å²) in [4.78, 5) is 2.03. The van der Waals surface area contributed by atoms with E-state index in [1.807, 2.05) is 29.2 Å². The van der Waals surface area contributed by atoms with Crippen LogP contribution < -0.4 is 4.74 Å². The second-order valence-corrected chi connectivity index (χ2v) is 9.23. The van der Waals surface area contributed by atoms with E-state index in [1.165, 1.54) is 0 Å². The van der Waals surface area contributed by atoms with Crippen LogP contribution >= 0.6 is 0 Å². The van der Waals surface area contributed by atoms with Gasteiger partial charge in [-0.05, 0) is 26.0 Å². The number of benzene rings is 1. The molecule has 1 aromatic carbocycles. The van der Waals surface area contributed by atoms with Gasteiger partial charge in [0.25, 0.3) is 5.89 Å². The van der Waals surface area contributed by atoms with Crippen molar-refractivity contribution >= 4 is 9.84 Å². The zero-order valence-corrected chi connectivity index (χ0v) is 14.8. The molecule has 24 heavy (non-hydrogen) atoms. The first kappa shape index (κ1) is 16.9. The molecule has 0 spiro atoms. The molecule has 0 radical (unpaired) electrons. The van der Waals surface area contributed by atoms with Crippen molar-refractivity contribution in [1.82, 2.24) is 15.1 Å². The molecule has 0 bridgehead atoms. The number of nitrogens with zero attached hydrogens (tertiary/aromatic N) is 3. The summed E-state index contributed by atoms with van der Waals surface area (Å²) in [5.41, 5.74) is 0.736. The number of hydrogen-bond donors (Lipinski definition) is 0. The van der Waals surface area contributed by atoms with Gasteiger partial charge in [-0.25, -0.2) is 8.42 Å². The second-order valence-electron chi connectivity index (χ2n) is 6.49. The first-order chi connectivity index (χ1) is 11.3.